The standard InChI is InChI=1S/C6H6N2O3S/c1-12(10,11)6-7-3-2-5(4-9)8-6/h2-4H,1H3. The van der Waals surface area contributed by atoms with Crippen molar-refractivity contribution in [3.05, 3.63) is 18.0 Å². The topological polar surface area (TPSA) is 77.0 Å². The van der Waals surface area contributed by atoms with Gasteiger partial charge in [0, 0.05) is 12.5 Å². The molecule has 0 radical (unpaired) electrons. The molecular weight excluding hydrogens is 180 g/mol. The van der Waals surface area contributed by atoms with Crippen LogP contribution in [0, 0.1) is 0 Å². The van der Waals surface area contributed by atoms with E-state index in [4.69, 9.17) is 0 Å². The van der Waals surface area contributed by atoms with Crippen LogP contribution in [0.25, 0.3) is 0 Å². The number of sulfone groups is 1. The fourth-order valence-electron chi connectivity index (χ4n) is 0.598. The van der Waals surface area contributed by atoms with Crippen LogP contribution in [0.4, 0.5) is 0 Å². The molecule has 0 saturated carbocycles. The fourth-order valence-corrected chi connectivity index (χ4v) is 1.12. The molecule has 5 nitrogen and oxygen atoms in total. The van der Waals surface area contributed by atoms with Crippen LogP contribution in [0.5, 0.6) is 0 Å². The van der Waals surface area contributed by atoms with Crippen molar-refractivity contribution in [2.45, 2.75) is 5.16 Å². The third kappa shape index (κ3) is 1.85. The summed E-state index contributed by atoms with van der Waals surface area (Å²) in [7, 11) is -3.42. The van der Waals surface area contributed by atoms with E-state index in [0.717, 1.165) is 6.26 Å². The van der Waals surface area contributed by atoms with Gasteiger partial charge in [0.15, 0.2) is 6.29 Å². The Bertz CT molecular complexity index is 399. The van der Waals surface area contributed by atoms with Gasteiger partial charge in [-0.15, -0.1) is 0 Å². The highest BCUT2D eigenvalue weighted by Gasteiger charge is 2.10. The van der Waals surface area contributed by atoms with E-state index in [-0.39, 0.29) is 10.9 Å². The van der Waals surface area contributed by atoms with Gasteiger partial charge in [-0.3, -0.25) is 4.79 Å². The molecule has 12 heavy (non-hydrogen) atoms. The van der Waals surface area contributed by atoms with Gasteiger partial charge in [-0.25, -0.2) is 18.4 Å². The monoisotopic (exact) mass is 186 g/mol. The van der Waals surface area contributed by atoms with Crippen molar-refractivity contribution in [1.82, 2.24) is 9.97 Å². The SMILES string of the molecule is CS(=O)(=O)c1nccc(C=O)n1. The summed E-state index contributed by atoms with van der Waals surface area (Å²) in [5, 5.41) is -0.327. The summed E-state index contributed by atoms with van der Waals surface area (Å²) in [6, 6.07) is 1.34. The molecular formula is C6H6N2O3S. The first-order chi connectivity index (χ1) is 5.54. The largest absolute Gasteiger partial charge is 0.296 e. The van der Waals surface area contributed by atoms with Gasteiger partial charge in [-0.2, -0.15) is 0 Å². The van der Waals surface area contributed by atoms with Gasteiger partial charge in [0.1, 0.15) is 5.69 Å². The molecule has 1 heterocycles. The van der Waals surface area contributed by atoms with Crippen LogP contribution in [0.15, 0.2) is 17.4 Å². The van der Waals surface area contributed by atoms with Crippen molar-refractivity contribution in [2.24, 2.45) is 0 Å². The molecule has 0 aromatic carbocycles. The first-order valence-electron chi connectivity index (χ1n) is 3.02. The van der Waals surface area contributed by atoms with Gasteiger partial charge < -0.3 is 0 Å². The van der Waals surface area contributed by atoms with Gasteiger partial charge >= 0.3 is 0 Å². The molecule has 0 bridgehead atoms. The van der Waals surface area contributed by atoms with E-state index in [1.54, 1.807) is 0 Å². The number of carbonyl (C=O) groups excluding carboxylic acids is 1. The maximum atomic E-state index is 10.9. The van der Waals surface area contributed by atoms with E-state index in [1.165, 1.54) is 12.3 Å². The van der Waals surface area contributed by atoms with Crippen LogP contribution in [0.3, 0.4) is 0 Å². The predicted octanol–water partition coefficient (Wildman–Crippen LogP) is -0.307. The molecule has 0 aliphatic carbocycles. The van der Waals surface area contributed by atoms with Crippen LogP contribution in [0.2, 0.25) is 0 Å². The average Bonchev–Trinajstić information content (AvgIpc) is 2.03. The number of aromatic nitrogens is 2. The highest BCUT2D eigenvalue weighted by atomic mass is 32.2. The van der Waals surface area contributed by atoms with E-state index in [2.05, 4.69) is 9.97 Å². The van der Waals surface area contributed by atoms with Crippen molar-refractivity contribution < 1.29 is 13.2 Å². The van der Waals surface area contributed by atoms with Gasteiger partial charge in [-0.1, -0.05) is 0 Å². The second kappa shape index (κ2) is 2.98. The zero-order valence-corrected chi connectivity index (χ0v) is 7.08. The predicted molar refractivity (Wildman–Crippen MR) is 40.5 cm³/mol. The number of nitrogens with zero attached hydrogens (tertiary/aromatic N) is 2. The molecule has 0 atom stereocenters. The normalized spacial score (nSPS) is 11.1. The molecule has 1 aromatic rings. The summed E-state index contributed by atoms with van der Waals surface area (Å²) in [4.78, 5) is 17.2. The van der Waals surface area contributed by atoms with Crippen LogP contribution in [0.1, 0.15) is 10.5 Å². The average molecular weight is 186 g/mol. The van der Waals surface area contributed by atoms with Crippen molar-refractivity contribution in [2.75, 3.05) is 6.26 Å². The Kier molecular flexibility index (Phi) is 2.18. The minimum atomic E-state index is -3.42. The Balaban J connectivity index is 3.29. The van der Waals surface area contributed by atoms with Gasteiger partial charge in [-0.05, 0) is 6.07 Å². The maximum absolute atomic E-state index is 10.9. The smallest absolute Gasteiger partial charge is 0.247 e. The molecule has 0 aliphatic heterocycles. The molecule has 0 spiro atoms. The van der Waals surface area contributed by atoms with Crippen molar-refractivity contribution in [1.29, 1.82) is 0 Å². The van der Waals surface area contributed by atoms with E-state index in [1.807, 2.05) is 0 Å². The second-order valence-electron chi connectivity index (χ2n) is 2.15. The second-order valence-corrected chi connectivity index (χ2v) is 4.06. The molecule has 0 unspecified atom stereocenters. The number of hydrogen-bond donors (Lipinski definition) is 0. The minimum absolute atomic E-state index is 0.0606. The summed E-state index contributed by atoms with van der Waals surface area (Å²) < 4.78 is 21.7. The lowest BCUT2D eigenvalue weighted by Crippen LogP contribution is -2.05. The molecule has 64 valence electrons. The lowest BCUT2D eigenvalue weighted by Gasteiger charge is -1.94. The summed E-state index contributed by atoms with van der Waals surface area (Å²) in [6.45, 7) is 0. The van der Waals surface area contributed by atoms with Crippen LogP contribution in [-0.4, -0.2) is 30.9 Å². The molecule has 0 amide bonds. The van der Waals surface area contributed by atoms with Crippen LogP contribution < -0.4 is 0 Å². The molecule has 1 rings (SSSR count). The highest BCUT2D eigenvalue weighted by molar-refractivity contribution is 7.90. The molecule has 0 aliphatic rings. The molecule has 0 saturated heterocycles. The zero-order valence-electron chi connectivity index (χ0n) is 6.26. The van der Waals surface area contributed by atoms with Crippen molar-refractivity contribution in [3.63, 3.8) is 0 Å². The Morgan fingerprint density at radius 1 is 1.50 bits per heavy atom. The third-order valence-corrected chi connectivity index (χ3v) is 1.97. The van der Waals surface area contributed by atoms with Gasteiger partial charge in [0.2, 0.25) is 15.0 Å². The summed E-state index contributed by atoms with van der Waals surface area (Å²) in [5.74, 6) is 0. The van der Waals surface area contributed by atoms with Crippen molar-refractivity contribution in [3.8, 4) is 0 Å². The van der Waals surface area contributed by atoms with E-state index < -0.39 is 9.84 Å². The summed E-state index contributed by atoms with van der Waals surface area (Å²) in [5.41, 5.74) is 0.0606. The van der Waals surface area contributed by atoms with Crippen LogP contribution >= 0.6 is 0 Å². The lowest BCUT2D eigenvalue weighted by atomic mass is 10.5. The Hall–Kier alpha value is -1.30. The van der Waals surface area contributed by atoms with Crippen molar-refractivity contribution >= 4 is 16.1 Å². The molecule has 1 aromatic heterocycles. The number of rotatable bonds is 2. The molecule has 6 heteroatoms. The fraction of sp³-hybridized carbons (Fsp3) is 0.167. The van der Waals surface area contributed by atoms with Gasteiger partial charge in [0.05, 0.1) is 0 Å². The highest BCUT2D eigenvalue weighted by Crippen LogP contribution is 1.99. The third-order valence-electron chi connectivity index (χ3n) is 1.11. The minimum Gasteiger partial charge on any atom is -0.296 e. The quantitative estimate of drug-likeness (QED) is 0.467. The summed E-state index contributed by atoms with van der Waals surface area (Å²) >= 11 is 0. The van der Waals surface area contributed by atoms with E-state index in [0.29, 0.717) is 6.29 Å². The maximum Gasteiger partial charge on any atom is 0.247 e. The number of aldehydes is 1. The lowest BCUT2D eigenvalue weighted by molar-refractivity contribution is 0.111. The number of hydrogen-bond acceptors (Lipinski definition) is 5. The molecule has 0 N–H and O–H groups in total. The van der Waals surface area contributed by atoms with Gasteiger partial charge in [0.25, 0.3) is 0 Å². The van der Waals surface area contributed by atoms with E-state index >= 15 is 0 Å². The Morgan fingerprint density at radius 2 is 2.17 bits per heavy atom. The zero-order chi connectivity index (χ0) is 9.19. The number of carbonyl (C=O) groups is 1. The molecule has 0 fully saturated rings. The van der Waals surface area contributed by atoms with E-state index in [9.17, 15) is 13.2 Å². The first kappa shape index (κ1) is 8.79. The Labute approximate surface area is 69.4 Å². The first-order valence-corrected chi connectivity index (χ1v) is 4.91. The van der Waals surface area contributed by atoms with Crippen LogP contribution in [-0.2, 0) is 9.84 Å². The Morgan fingerprint density at radius 3 is 2.67 bits per heavy atom. The summed E-state index contributed by atoms with van der Waals surface area (Å²) in [6.07, 6.45) is 2.68.